The number of aliphatic hydroxyl groups is 1. The van der Waals surface area contributed by atoms with Crippen molar-refractivity contribution in [2.75, 3.05) is 18.0 Å². The lowest BCUT2D eigenvalue weighted by atomic mass is 9.84. The number of amidine groups is 1. The zero-order valence-electron chi connectivity index (χ0n) is 13.4. The van der Waals surface area contributed by atoms with Crippen LogP contribution in [0.4, 0.5) is 11.4 Å². The number of fused-ring (bicyclic) bond motifs is 1. The fraction of sp³-hybridized carbons (Fsp3) is 0.316. The minimum Gasteiger partial charge on any atom is -0.384 e. The van der Waals surface area contributed by atoms with Gasteiger partial charge in [0.2, 0.25) is 0 Å². The molecule has 124 valence electrons. The summed E-state index contributed by atoms with van der Waals surface area (Å²) in [4.78, 5) is 6.70. The first-order valence-electron chi connectivity index (χ1n) is 8.32. The van der Waals surface area contributed by atoms with Crippen LogP contribution in [0.5, 0.6) is 0 Å². The number of nitrogens with two attached hydrogens (primary N) is 1. The molecule has 3 N–H and O–H groups in total. The van der Waals surface area contributed by atoms with E-state index in [2.05, 4.69) is 16.0 Å². The molecule has 4 rings (SSSR count). The van der Waals surface area contributed by atoms with Crippen LogP contribution in [-0.2, 0) is 5.60 Å². The van der Waals surface area contributed by atoms with Gasteiger partial charge in [-0.3, -0.25) is 0 Å². The predicted octanol–water partition coefficient (Wildman–Crippen LogP) is 3.57. The average Bonchev–Trinajstić information content (AvgIpc) is 2.87. The highest BCUT2D eigenvalue weighted by atomic mass is 35.5. The molecule has 0 saturated carbocycles. The van der Waals surface area contributed by atoms with Gasteiger partial charge in [-0.2, -0.15) is 0 Å². The highest BCUT2D eigenvalue weighted by Gasteiger charge is 2.44. The van der Waals surface area contributed by atoms with Crippen LogP contribution in [0.15, 0.2) is 47.5 Å². The van der Waals surface area contributed by atoms with E-state index >= 15 is 0 Å². The van der Waals surface area contributed by atoms with Crippen LogP contribution in [-0.4, -0.2) is 24.0 Å². The third kappa shape index (κ3) is 2.29. The normalized spacial score (nSPS) is 23.1. The Morgan fingerprint density at radius 1 is 1.04 bits per heavy atom. The quantitative estimate of drug-likeness (QED) is 0.877. The third-order valence-electron chi connectivity index (χ3n) is 4.95. The van der Waals surface area contributed by atoms with Crippen molar-refractivity contribution in [1.29, 1.82) is 0 Å². The number of nitrogens with zero attached hydrogens (tertiary/aromatic N) is 2. The summed E-state index contributed by atoms with van der Waals surface area (Å²) < 4.78 is 0. The number of halogens is 1. The highest BCUT2D eigenvalue weighted by Crippen LogP contribution is 2.45. The molecule has 0 aliphatic carbocycles. The summed E-state index contributed by atoms with van der Waals surface area (Å²) in [6, 6.07) is 13.2. The molecule has 2 aliphatic rings. The maximum Gasteiger partial charge on any atom is 0.176 e. The lowest BCUT2D eigenvalue weighted by molar-refractivity contribution is 0.159. The van der Waals surface area contributed by atoms with E-state index in [1.165, 1.54) is 19.3 Å². The first kappa shape index (κ1) is 15.5. The van der Waals surface area contributed by atoms with Crippen molar-refractivity contribution < 1.29 is 5.11 Å². The molecule has 5 heteroatoms. The Morgan fingerprint density at radius 2 is 1.79 bits per heavy atom. The van der Waals surface area contributed by atoms with Crippen LogP contribution < -0.4 is 10.6 Å². The lowest BCUT2D eigenvalue weighted by Crippen LogP contribution is -2.41. The molecule has 2 aromatic carbocycles. The number of aliphatic imine (C=N–C) groups is 1. The summed E-state index contributed by atoms with van der Waals surface area (Å²) in [6.07, 6.45) is 3.59. The summed E-state index contributed by atoms with van der Waals surface area (Å²) in [5.41, 5.74) is 7.86. The van der Waals surface area contributed by atoms with Gasteiger partial charge in [0.05, 0.1) is 5.69 Å². The van der Waals surface area contributed by atoms with Crippen LogP contribution in [0, 0.1) is 0 Å². The molecule has 2 aromatic rings. The summed E-state index contributed by atoms with van der Waals surface area (Å²) in [5, 5.41) is 12.1. The topological polar surface area (TPSA) is 61.9 Å². The molecule has 1 saturated heterocycles. The molecule has 0 aromatic heterocycles. The molecule has 1 atom stereocenters. The Labute approximate surface area is 146 Å². The fourth-order valence-corrected chi connectivity index (χ4v) is 3.89. The van der Waals surface area contributed by atoms with E-state index < -0.39 is 5.60 Å². The second-order valence-electron chi connectivity index (χ2n) is 6.43. The molecule has 0 spiro atoms. The monoisotopic (exact) mass is 341 g/mol. The van der Waals surface area contributed by atoms with Gasteiger partial charge in [0.1, 0.15) is 5.84 Å². The van der Waals surface area contributed by atoms with Crippen molar-refractivity contribution in [3.05, 3.63) is 58.6 Å². The maximum atomic E-state index is 11.6. The van der Waals surface area contributed by atoms with E-state index in [9.17, 15) is 5.11 Å². The predicted molar refractivity (Wildman–Crippen MR) is 98.2 cm³/mol. The first-order valence-corrected chi connectivity index (χ1v) is 8.70. The van der Waals surface area contributed by atoms with Crippen LogP contribution in [0.2, 0.25) is 5.02 Å². The van der Waals surface area contributed by atoms with Gasteiger partial charge in [0.25, 0.3) is 0 Å². The Balaban J connectivity index is 1.88. The Kier molecular flexibility index (Phi) is 3.74. The smallest absolute Gasteiger partial charge is 0.176 e. The Morgan fingerprint density at radius 3 is 2.58 bits per heavy atom. The molecule has 1 fully saturated rings. The zero-order chi connectivity index (χ0) is 16.7. The number of anilines is 1. The number of piperidine rings is 1. The van der Waals surface area contributed by atoms with Crippen LogP contribution in [0.1, 0.15) is 30.4 Å². The van der Waals surface area contributed by atoms with Gasteiger partial charge in [0.15, 0.2) is 5.60 Å². The van der Waals surface area contributed by atoms with E-state index in [0.717, 1.165) is 24.3 Å². The minimum atomic E-state index is -1.44. The second-order valence-corrected chi connectivity index (χ2v) is 6.87. The van der Waals surface area contributed by atoms with Gasteiger partial charge in [-0.05, 0) is 43.5 Å². The Bertz CT molecular complexity index is 814. The second kappa shape index (κ2) is 5.80. The van der Waals surface area contributed by atoms with Gasteiger partial charge < -0.3 is 15.7 Å². The van der Waals surface area contributed by atoms with Crippen molar-refractivity contribution in [3.63, 3.8) is 0 Å². The largest absolute Gasteiger partial charge is 0.384 e. The molecule has 24 heavy (non-hydrogen) atoms. The fourth-order valence-electron chi connectivity index (χ4n) is 3.72. The first-order chi connectivity index (χ1) is 11.6. The molecule has 4 nitrogen and oxygen atoms in total. The van der Waals surface area contributed by atoms with Gasteiger partial charge >= 0.3 is 0 Å². The molecule has 2 heterocycles. The lowest BCUT2D eigenvalue weighted by Gasteiger charge is -2.34. The number of rotatable bonds is 2. The number of hydrogen-bond donors (Lipinski definition) is 2. The van der Waals surface area contributed by atoms with E-state index in [1.807, 2.05) is 18.2 Å². The molecular weight excluding hydrogens is 322 g/mol. The summed E-state index contributed by atoms with van der Waals surface area (Å²) in [6.45, 7) is 1.99. The molecule has 1 unspecified atom stereocenters. The SMILES string of the molecule is NC1=Nc2ccc(Cl)cc2C1(O)c1ccccc1N1CCCCC1. The molecule has 0 bridgehead atoms. The standard InChI is InChI=1S/C19H20ClN3O/c20-13-8-9-16-15(12-13)19(24,18(21)22-16)14-6-2-3-7-17(14)23-10-4-1-5-11-23/h2-3,6-9,12,24H,1,4-5,10-11H2,(H2,21,22). The van der Waals surface area contributed by atoms with Gasteiger partial charge in [-0.25, -0.2) is 4.99 Å². The van der Waals surface area contributed by atoms with E-state index in [-0.39, 0.29) is 5.84 Å². The van der Waals surface area contributed by atoms with Crippen LogP contribution in [0.25, 0.3) is 0 Å². The molecule has 0 radical (unpaired) electrons. The summed E-state index contributed by atoms with van der Waals surface area (Å²) >= 11 is 6.16. The van der Waals surface area contributed by atoms with Crippen molar-refractivity contribution >= 4 is 28.8 Å². The van der Waals surface area contributed by atoms with Crippen molar-refractivity contribution in [2.24, 2.45) is 10.7 Å². The zero-order valence-corrected chi connectivity index (χ0v) is 14.1. The minimum absolute atomic E-state index is 0.198. The molecular formula is C19H20ClN3O. The third-order valence-corrected chi connectivity index (χ3v) is 5.19. The number of hydrogen-bond acceptors (Lipinski definition) is 4. The van der Waals surface area contributed by atoms with Crippen molar-refractivity contribution in [2.45, 2.75) is 24.9 Å². The maximum absolute atomic E-state index is 11.6. The molecule has 2 aliphatic heterocycles. The number of benzene rings is 2. The van der Waals surface area contributed by atoms with Crippen molar-refractivity contribution in [3.8, 4) is 0 Å². The van der Waals surface area contributed by atoms with Crippen LogP contribution in [0.3, 0.4) is 0 Å². The van der Waals surface area contributed by atoms with E-state index in [4.69, 9.17) is 17.3 Å². The van der Waals surface area contributed by atoms with Gasteiger partial charge in [-0.15, -0.1) is 0 Å². The van der Waals surface area contributed by atoms with E-state index in [0.29, 0.717) is 16.3 Å². The summed E-state index contributed by atoms with van der Waals surface area (Å²) in [5.74, 6) is 0.198. The van der Waals surface area contributed by atoms with Gasteiger partial charge in [0, 0.05) is 34.9 Å². The molecule has 0 amide bonds. The van der Waals surface area contributed by atoms with Crippen LogP contribution >= 0.6 is 11.6 Å². The number of para-hydroxylation sites is 1. The van der Waals surface area contributed by atoms with Crippen molar-refractivity contribution in [1.82, 2.24) is 0 Å². The summed E-state index contributed by atoms with van der Waals surface area (Å²) in [7, 11) is 0. The Hall–Kier alpha value is -2.04. The average molecular weight is 342 g/mol. The van der Waals surface area contributed by atoms with Gasteiger partial charge in [-0.1, -0.05) is 29.8 Å². The van der Waals surface area contributed by atoms with E-state index in [1.54, 1.807) is 18.2 Å². The highest BCUT2D eigenvalue weighted by molar-refractivity contribution is 6.30.